The number of hydrogen-bond donors (Lipinski definition) is 1. The Morgan fingerprint density at radius 2 is 2.16 bits per heavy atom. The van der Waals surface area contributed by atoms with Crippen molar-refractivity contribution in [3.05, 3.63) is 11.7 Å². The molecule has 1 aromatic rings. The molecule has 2 N–H and O–H groups in total. The molecule has 1 fully saturated rings. The molecule has 1 aromatic heterocycles. The number of rotatable bonds is 3. The zero-order valence-corrected chi connectivity index (χ0v) is 12.5. The molecule has 1 saturated heterocycles. The standard InChI is InChI=1S/C14H26N4O/c1-5-10-8-18(7-6-11(10)15)9-12-16-13(17-19-12)14(2,3)4/h10-11H,5-9,15H2,1-4H3. The Morgan fingerprint density at radius 3 is 2.74 bits per heavy atom. The fraction of sp³-hybridized carbons (Fsp3) is 0.857. The van der Waals surface area contributed by atoms with Gasteiger partial charge in [-0.2, -0.15) is 4.98 Å². The van der Waals surface area contributed by atoms with Gasteiger partial charge in [0.25, 0.3) is 0 Å². The zero-order chi connectivity index (χ0) is 14.0. The summed E-state index contributed by atoms with van der Waals surface area (Å²) < 4.78 is 5.36. The summed E-state index contributed by atoms with van der Waals surface area (Å²) in [7, 11) is 0. The van der Waals surface area contributed by atoms with Crippen molar-refractivity contribution < 1.29 is 4.52 Å². The van der Waals surface area contributed by atoms with Crippen molar-refractivity contribution in [2.24, 2.45) is 11.7 Å². The molecule has 2 heterocycles. The van der Waals surface area contributed by atoms with E-state index >= 15 is 0 Å². The maximum atomic E-state index is 6.13. The predicted molar refractivity (Wildman–Crippen MR) is 74.6 cm³/mol. The molecule has 0 amide bonds. The molecule has 2 rings (SSSR count). The third-order valence-corrected chi connectivity index (χ3v) is 3.90. The summed E-state index contributed by atoms with van der Waals surface area (Å²) >= 11 is 0. The molecule has 5 nitrogen and oxygen atoms in total. The van der Waals surface area contributed by atoms with Crippen molar-refractivity contribution in [2.45, 2.75) is 58.5 Å². The summed E-state index contributed by atoms with van der Waals surface area (Å²) in [5.74, 6) is 2.08. The minimum absolute atomic E-state index is 0.0576. The summed E-state index contributed by atoms with van der Waals surface area (Å²) in [4.78, 5) is 6.87. The monoisotopic (exact) mass is 266 g/mol. The molecule has 5 heteroatoms. The van der Waals surface area contributed by atoms with Crippen LogP contribution >= 0.6 is 0 Å². The quantitative estimate of drug-likeness (QED) is 0.905. The molecule has 19 heavy (non-hydrogen) atoms. The minimum atomic E-state index is -0.0576. The predicted octanol–water partition coefficient (Wildman–Crippen LogP) is 1.93. The van der Waals surface area contributed by atoms with Crippen molar-refractivity contribution in [1.29, 1.82) is 0 Å². The average Bonchev–Trinajstić information content (AvgIpc) is 2.80. The maximum Gasteiger partial charge on any atom is 0.240 e. The first-order valence-corrected chi connectivity index (χ1v) is 7.21. The topological polar surface area (TPSA) is 68.2 Å². The number of nitrogens with zero attached hydrogens (tertiary/aromatic N) is 3. The highest BCUT2D eigenvalue weighted by Gasteiger charge is 2.27. The van der Waals surface area contributed by atoms with Crippen molar-refractivity contribution >= 4 is 0 Å². The van der Waals surface area contributed by atoms with Gasteiger partial charge in [0.15, 0.2) is 5.82 Å². The molecular weight excluding hydrogens is 240 g/mol. The van der Waals surface area contributed by atoms with Gasteiger partial charge in [-0.3, -0.25) is 4.90 Å². The van der Waals surface area contributed by atoms with Gasteiger partial charge in [0, 0.05) is 24.5 Å². The molecule has 2 atom stereocenters. The van der Waals surface area contributed by atoms with E-state index in [1.165, 1.54) is 0 Å². The van der Waals surface area contributed by atoms with Gasteiger partial charge in [-0.25, -0.2) is 0 Å². The van der Waals surface area contributed by atoms with Crippen LogP contribution in [0.3, 0.4) is 0 Å². The van der Waals surface area contributed by atoms with Crippen molar-refractivity contribution in [3.8, 4) is 0 Å². The van der Waals surface area contributed by atoms with Crippen LogP contribution in [0.15, 0.2) is 4.52 Å². The van der Waals surface area contributed by atoms with Crippen LogP contribution in [0, 0.1) is 5.92 Å². The molecule has 0 aromatic carbocycles. The highest BCUT2D eigenvalue weighted by atomic mass is 16.5. The molecule has 0 spiro atoms. The van der Waals surface area contributed by atoms with E-state index in [-0.39, 0.29) is 5.41 Å². The van der Waals surface area contributed by atoms with E-state index in [0.717, 1.165) is 44.2 Å². The minimum Gasteiger partial charge on any atom is -0.338 e. The molecule has 0 radical (unpaired) electrons. The first kappa shape index (κ1) is 14.5. The Hall–Kier alpha value is -0.940. The fourth-order valence-corrected chi connectivity index (χ4v) is 2.52. The third-order valence-electron chi connectivity index (χ3n) is 3.90. The van der Waals surface area contributed by atoms with Gasteiger partial charge in [0.2, 0.25) is 5.89 Å². The Morgan fingerprint density at radius 1 is 1.42 bits per heavy atom. The molecule has 1 aliphatic rings. The van der Waals surface area contributed by atoms with E-state index in [0.29, 0.717) is 12.0 Å². The number of nitrogens with two attached hydrogens (primary N) is 1. The second-order valence-electron chi connectivity index (χ2n) is 6.62. The van der Waals surface area contributed by atoms with Crippen molar-refractivity contribution in [2.75, 3.05) is 13.1 Å². The average molecular weight is 266 g/mol. The van der Waals surface area contributed by atoms with Crippen LogP contribution in [0.5, 0.6) is 0 Å². The lowest BCUT2D eigenvalue weighted by Crippen LogP contribution is -2.46. The van der Waals surface area contributed by atoms with Crippen LogP contribution < -0.4 is 5.73 Å². The van der Waals surface area contributed by atoms with Crippen LogP contribution in [-0.4, -0.2) is 34.2 Å². The smallest absolute Gasteiger partial charge is 0.240 e. The molecule has 1 aliphatic heterocycles. The summed E-state index contributed by atoms with van der Waals surface area (Å²) in [6.07, 6.45) is 2.19. The van der Waals surface area contributed by atoms with Gasteiger partial charge >= 0.3 is 0 Å². The zero-order valence-electron chi connectivity index (χ0n) is 12.5. The highest BCUT2D eigenvalue weighted by Crippen LogP contribution is 2.22. The lowest BCUT2D eigenvalue weighted by Gasteiger charge is -2.35. The molecule has 2 unspecified atom stereocenters. The number of hydrogen-bond acceptors (Lipinski definition) is 5. The maximum absolute atomic E-state index is 6.13. The van der Waals surface area contributed by atoms with Gasteiger partial charge in [0.1, 0.15) is 0 Å². The summed E-state index contributed by atoms with van der Waals surface area (Å²) in [6.45, 7) is 11.3. The Bertz CT molecular complexity index is 410. The van der Waals surface area contributed by atoms with E-state index in [1.54, 1.807) is 0 Å². The Balaban J connectivity index is 1.96. The second kappa shape index (κ2) is 5.59. The normalized spacial score (nSPS) is 25.7. The van der Waals surface area contributed by atoms with Crippen LogP contribution in [0.1, 0.15) is 52.3 Å². The van der Waals surface area contributed by atoms with E-state index in [4.69, 9.17) is 10.3 Å². The second-order valence-corrected chi connectivity index (χ2v) is 6.62. The van der Waals surface area contributed by atoms with Gasteiger partial charge in [-0.1, -0.05) is 39.3 Å². The summed E-state index contributed by atoms with van der Waals surface area (Å²) in [5, 5.41) is 4.07. The molecule has 0 saturated carbocycles. The van der Waals surface area contributed by atoms with Gasteiger partial charge in [-0.15, -0.1) is 0 Å². The van der Waals surface area contributed by atoms with Gasteiger partial charge in [-0.05, 0) is 12.3 Å². The van der Waals surface area contributed by atoms with Crippen LogP contribution in [-0.2, 0) is 12.0 Å². The third kappa shape index (κ3) is 3.54. The van der Waals surface area contributed by atoms with Crippen LogP contribution in [0.25, 0.3) is 0 Å². The first-order valence-electron chi connectivity index (χ1n) is 7.21. The lowest BCUT2D eigenvalue weighted by atomic mass is 9.91. The van der Waals surface area contributed by atoms with Crippen molar-refractivity contribution in [3.63, 3.8) is 0 Å². The van der Waals surface area contributed by atoms with Crippen LogP contribution in [0.4, 0.5) is 0 Å². The van der Waals surface area contributed by atoms with E-state index in [9.17, 15) is 0 Å². The lowest BCUT2D eigenvalue weighted by molar-refractivity contribution is 0.131. The van der Waals surface area contributed by atoms with Gasteiger partial charge < -0.3 is 10.3 Å². The highest BCUT2D eigenvalue weighted by molar-refractivity contribution is 5.00. The number of aromatic nitrogens is 2. The fourth-order valence-electron chi connectivity index (χ4n) is 2.52. The number of likely N-dealkylation sites (tertiary alicyclic amines) is 1. The summed E-state index contributed by atoms with van der Waals surface area (Å²) in [6, 6.07) is 0.342. The molecule has 0 aliphatic carbocycles. The largest absolute Gasteiger partial charge is 0.338 e. The first-order chi connectivity index (χ1) is 8.90. The Kier molecular flexibility index (Phi) is 4.26. The van der Waals surface area contributed by atoms with Crippen molar-refractivity contribution in [1.82, 2.24) is 15.0 Å². The van der Waals surface area contributed by atoms with E-state index < -0.39 is 0 Å². The van der Waals surface area contributed by atoms with E-state index in [2.05, 4.69) is 42.7 Å². The SMILES string of the molecule is CCC1CN(Cc2nc(C(C)(C)C)no2)CCC1N. The molecule has 108 valence electrons. The summed E-state index contributed by atoms with van der Waals surface area (Å²) in [5.41, 5.74) is 6.07. The number of piperidine rings is 1. The molecule has 0 bridgehead atoms. The van der Waals surface area contributed by atoms with Crippen LogP contribution in [0.2, 0.25) is 0 Å². The van der Waals surface area contributed by atoms with E-state index in [1.807, 2.05) is 0 Å². The molecular formula is C14H26N4O. The Labute approximate surface area is 115 Å². The van der Waals surface area contributed by atoms with Gasteiger partial charge in [0.05, 0.1) is 6.54 Å².